The van der Waals surface area contributed by atoms with E-state index in [0.717, 1.165) is 0 Å². The molecule has 19 heavy (non-hydrogen) atoms. The average Bonchev–Trinajstić information content (AvgIpc) is 2.68. The van der Waals surface area contributed by atoms with E-state index < -0.39 is 11.8 Å². The summed E-state index contributed by atoms with van der Waals surface area (Å²) in [5, 5.41) is 0.0182. The number of hydrogen-bond acceptors (Lipinski definition) is 3. The summed E-state index contributed by atoms with van der Waals surface area (Å²) in [6.45, 7) is 3.49. The number of rotatable bonds is 2. The van der Waals surface area contributed by atoms with Crippen molar-refractivity contribution in [3.63, 3.8) is 0 Å². The van der Waals surface area contributed by atoms with Crippen LogP contribution in [0.3, 0.4) is 0 Å². The van der Waals surface area contributed by atoms with Crippen molar-refractivity contribution in [1.82, 2.24) is 9.55 Å². The van der Waals surface area contributed by atoms with E-state index in [0.29, 0.717) is 17.2 Å². The van der Waals surface area contributed by atoms with Gasteiger partial charge in [0.2, 0.25) is 0 Å². The van der Waals surface area contributed by atoms with Gasteiger partial charge in [0.15, 0.2) is 5.69 Å². The fraction of sp³-hybridized carbons (Fsp3) is 0.231. The van der Waals surface area contributed by atoms with Gasteiger partial charge in [-0.25, -0.2) is 14.2 Å². The first-order valence-electron chi connectivity index (χ1n) is 5.55. The Bertz CT molecular complexity index is 652. The summed E-state index contributed by atoms with van der Waals surface area (Å²) in [5.41, 5.74) is 1.50. The lowest BCUT2D eigenvalue weighted by Gasteiger charge is -2.08. The van der Waals surface area contributed by atoms with Gasteiger partial charge in [-0.2, -0.15) is 0 Å². The molecule has 2 aromatic rings. The van der Waals surface area contributed by atoms with Crippen LogP contribution in [-0.4, -0.2) is 22.6 Å². The van der Waals surface area contributed by atoms with Crippen LogP contribution >= 0.6 is 11.6 Å². The Labute approximate surface area is 114 Å². The van der Waals surface area contributed by atoms with Crippen LogP contribution < -0.4 is 0 Å². The molecule has 0 bridgehead atoms. The highest BCUT2D eigenvalue weighted by molar-refractivity contribution is 6.30. The monoisotopic (exact) mass is 282 g/mol. The van der Waals surface area contributed by atoms with Gasteiger partial charge in [-0.3, -0.25) is 0 Å². The molecule has 0 radical (unpaired) electrons. The molecule has 0 saturated carbocycles. The van der Waals surface area contributed by atoms with E-state index in [1.807, 2.05) is 0 Å². The van der Waals surface area contributed by atoms with Crippen LogP contribution in [0.15, 0.2) is 18.2 Å². The molecule has 2 rings (SSSR count). The lowest BCUT2D eigenvalue weighted by atomic mass is 10.2. The fourth-order valence-electron chi connectivity index (χ4n) is 1.94. The number of benzene rings is 1. The van der Waals surface area contributed by atoms with E-state index >= 15 is 0 Å². The Morgan fingerprint density at radius 2 is 2.11 bits per heavy atom. The fourth-order valence-corrected chi connectivity index (χ4v) is 2.11. The molecule has 1 aromatic heterocycles. The smallest absolute Gasteiger partial charge is 0.358 e. The van der Waals surface area contributed by atoms with Gasteiger partial charge in [0, 0.05) is 5.69 Å². The van der Waals surface area contributed by atoms with E-state index in [-0.39, 0.29) is 10.7 Å². The second kappa shape index (κ2) is 5.01. The number of methoxy groups -OCH3 is 1. The number of imidazole rings is 1. The number of aromatic nitrogens is 2. The third-order valence-corrected chi connectivity index (χ3v) is 3.11. The quantitative estimate of drug-likeness (QED) is 0.795. The number of carbonyl (C=O) groups excluding carboxylic acids is 1. The molecule has 0 aliphatic heterocycles. The molecule has 0 N–H and O–H groups in total. The molecule has 0 atom stereocenters. The normalized spacial score (nSPS) is 10.6. The van der Waals surface area contributed by atoms with E-state index in [4.69, 9.17) is 11.6 Å². The van der Waals surface area contributed by atoms with Gasteiger partial charge in [-0.05, 0) is 32.0 Å². The molecule has 0 unspecified atom stereocenters. The highest BCUT2D eigenvalue weighted by Crippen LogP contribution is 2.23. The molecule has 0 aliphatic rings. The molecular formula is C13H12ClFN2O2. The summed E-state index contributed by atoms with van der Waals surface area (Å²) >= 11 is 5.76. The average molecular weight is 283 g/mol. The number of nitrogens with zero attached hydrogens (tertiary/aromatic N) is 2. The van der Waals surface area contributed by atoms with Gasteiger partial charge in [0.05, 0.1) is 17.8 Å². The van der Waals surface area contributed by atoms with Gasteiger partial charge < -0.3 is 9.30 Å². The molecule has 0 aliphatic carbocycles. The first-order chi connectivity index (χ1) is 8.95. The van der Waals surface area contributed by atoms with E-state index in [9.17, 15) is 9.18 Å². The Kier molecular flexibility index (Phi) is 3.57. The van der Waals surface area contributed by atoms with E-state index in [1.165, 1.54) is 19.2 Å². The second-order valence-electron chi connectivity index (χ2n) is 4.02. The summed E-state index contributed by atoms with van der Waals surface area (Å²) in [5.74, 6) is -0.401. The third kappa shape index (κ3) is 2.33. The molecular weight excluding hydrogens is 271 g/mol. The van der Waals surface area contributed by atoms with Crippen LogP contribution in [0, 0.1) is 19.7 Å². The van der Waals surface area contributed by atoms with Gasteiger partial charge in [0.25, 0.3) is 0 Å². The van der Waals surface area contributed by atoms with Crippen LogP contribution in [0.5, 0.6) is 0 Å². The van der Waals surface area contributed by atoms with Crippen molar-refractivity contribution >= 4 is 17.6 Å². The molecule has 0 saturated heterocycles. The maximum Gasteiger partial charge on any atom is 0.358 e. The summed E-state index contributed by atoms with van der Waals surface area (Å²) < 4.78 is 19.6. The molecule has 1 heterocycles. The zero-order valence-corrected chi connectivity index (χ0v) is 11.5. The highest BCUT2D eigenvalue weighted by Gasteiger charge is 2.19. The molecule has 4 nitrogen and oxygen atoms in total. The van der Waals surface area contributed by atoms with E-state index in [1.54, 1.807) is 24.5 Å². The summed E-state index contributed by atoms with van der Waals surface area (Å²) in [4.78, 5) is 15.7. The second-order valence-corrected chi connectivity index (χ2v) is 4.43. The lowest BCUT2D eigenvalue weighted by Crippen LogP contribution is -2.05. The number of ether oxygens (including phenoxy) is 1. The Balaban J connectivity index is 2.59. The third-order valence-electron chi connectivity index (χ3n) is 2.82. The van der Waals surface area contributed by atoms with Crippen molar-refractivity contribution in [2.45, 2.75) is 13.8 Å². The predicted octanol–water partition coefficient (Wildman–Crippen LogP) is 3.07. The summed E-state index contributed by atoms with van der Waals surface area (Å²) in [7, 11) is 1.30. The molecule has 6 heteroatoms. The van der Waals surface area contributed by atoms with Crippen molar-refractivity contribution < 1.29 is 13.9 Å². The van der Waals surface area contributed by atoms with Crippen molar-refractivity contribution in [2.24, 2.45) is 0 Å². The number of halogens is 2. The molecule has 1 aromatic carbocycles. The first-order valence-corrected chi connectivity index (χ1v) is 5.93. The molecule has 0 spiro atoms. The van der Waals surface area contributed by atoms with E-state index in [2.05, 4.69) is 9.72 Å². The Morgan fingerprint density at radius 1 is 1.42 bits per heavy atom. The van der Waals surface area contributed by atoms with Crippen LogP contribution in [0.2, 0.25) is 5.02 Å². The number of hydrogen-bond donors (Lipinski definition) is 0. The molecule has 100 valence electrons. The molecule has 0 fully saturated rings. The first kappa shape index (κ1) is 13.5. The molecule has 0 amide bonds. The summed E-state index contributed by atoms with van der Waals surface area (Å²) in [6, 6.07) is 4.33. The van der Waals surface area contributed by atoms with Crippen LogP contribution in [0.25, 0.3) is 5.69 Å². The Hall–Kier alpha value is -1.88. The topological polar surface area (TPSA) is 44.1 Å². The minimum atomic E-state index is -0.507. The minimum Gasteiger partial charge on any atom is -0.464 e. The van der Waals surface area contributed by atoms with Gasteiger partial charge in [-0.15, -0.1) is 0 Å². The maximum absolute atomic E-state index is 13.2. The zero-order chi connectivity index (χ0) is 14.2. The van der Waals surface area contributed by atoms with Crippen molar-refractivity contribution in [2.75, 3.05) is 7.11 Å². The summed E-state index contributed by atoms with van der Waals surface area (Å²) in [6.07, 6.45) is 0. The van der Waals surface area contributed by atoms with Gasteiger partial charge >= 0.3 is 5.97 Å². The SMILES string of the molecule is COC(=O)c1nc(C)n(-c2ccc(F)c(Cl)c2)c1C. The number of carbonyl (C=O) groups is 1. The predicted molar refractivity (Wildman–Crippen MR) is 69.3 cm³/mol. The van der Waals surface area contributed by atoms with Crippen molar-refractivity contribution in [3.05, 3.63) is 46.3 Å². The highest BCUT2D eigenvalue weighted by atomic mass is 35.5. The van der Waals surface area contributed by atoms with Crippen molar-refractivity contribution in [3.8, 4) is 5.69 Å². The number of esters is 1. The number of aryl methyl sites for hydroxylation is 1. The minimum absolute atomic E-state index is 0.0182. The van der Waals surface area contributed by atoms with Crippen LogP contribution in [0.4, 0.5) is 4.39 Å². The van der Waals surface area contributed by atoms with Gasteiger partial charge in [0.1, 0.15) is 11.6 Å². The van der Waals surface area contributed by atoms with Crippen LogP contribution in [0.1, 0.15) is 22.0 Å². The van der Waals surface area contributed by atoms with Crippen molar-refractivity contribution in [1.29, 1.82) is 0 Å². The van der Waals surface area contributed by atoms with Crippen LogP contribution in [-0.2, 0) is 4.74 Å². The zero-order valence-electron chi connectivity index (χ0n) is 10.7. The lowest BCUT2D eigenvalue weighted by molar-refractivity contribution is 0.0593. The van der Waals surface area contributed by atoms with Gasteiger partial charge in [-0.1, -0.05) is 11.6 Å². The largest absolute Gasteiger partial charge is 0.464 e. The standard InChI is InChI=1S/C13H12ClFN2O2/c1-7-12(13(18)19-3)16-8(2)17(7)9-4-5-11(15)10(14)6-9/h4-6H,1-3H3. The Morgan fingerprint density at radius 3 is 2.68 bits per heavy atom. The maximum atomic E-state index is 13.2.